The summed E-state index contributed by atoms with van der Waals surface area (Å²) in [6.07, 6.45) is 0. The number of aryl methyl sites for hydroxylation is 1. The van der Waals surface area contributed by atoms with Gasteiger partial charge in [0.1, 0.15) is 0 Å². The summed E-state index contributed by atoms with van der Waals surface area (Å²) >= 11 is 0. The molecule has 166 valence electrons. The second kappa shape index (κ2) is 13.8. The van der Waals surface area contributed by atoms with Crippen LogP contribution in [0.3, 0.4) is 0 Å². The number of nitrogens with zero attached hydrogens (tertiary/aromatic N) is 1. The fourth-order valence-corrected chi connectivity index (χ4v) is 3.09. The van der Waals surface area contributed by atoms with Crippen molar-refractivity contribution >= 4 is 36.6 Å². The molecule has 1 saturated heterocycles. The molecule has 29 heavy (non-hydrogen) atoms. The van der Waals surface area contributed by atoms with Crippen molar-refractivity contribution in [3.05, 3.63) is 35.4 Å². The minimum Gasteiger partial charge on any atom is -0.379 e. The maximum Gasteiger partial charge on any atom is 0.239 e. The predicted octanol–water partition coefficient (Wildman–Crippen LogP) is 1.43. The molecule has 1 aromatic carbocycles. The van der Waals surface area contributed by atoms with E-state index >= 15 is 0 Å². The second-order valence-corrected chi connectivity index (χ2v) is 7.37. The third kappa shape index (κ3) is 8.88. The largest absolute Gasteiger partial charge is 0.379 e. The van der Waals surface area contributed by atoms with E-state index < -0.39 is 6.04 Å². The van der Waals surface area contributed by atoms with E-state index in [1.807, 2.05) is 19.9 Å². The molecule has 1 heterocycles. The standard InChI is InChI=1S/C20H32N4O3.2ClH/c1-14(2)19(21)20(26)23-13-18(25)22-12-17(24-7-9-27-10-8-24)16-6-4-5-15(3)11-16;;/h4-6,11,14,17,19H,7-10,12-13,21H2,1-3H3,(H,22,25)(H,23,26);2*1H/t17?,19-;;/m0../s1. The van der Waals surface area contributed by atoms with E-state index in [0.717, 1.165) is 13.1 Å². The third-order valence-corrected chi connectivity index (χ3v) is 4.85. The smallest absolute Gasteiger partial charge is 0.239 e. The van der Waals surface area contributed by atoms with E-state index in [1.54, 1.807) is 0 Å². The van der Waals surface area contributed by atoms with Crippen LogP contribution in [0.1, 0.15) is 31.0 Å². The summed E-state index contributed by atoms with van der Waals surface area (Å²) in [7, 11) is 0. The molecular formula is C20H34Cl2N4O3. The number of nitrogens with two attached hydrogens (primary N) is 1. The Bertz CT molecular complexity index is 640. The first-order valence-corrected chi connectivity index (χ1v) is 9.57. The van der Waals surface area contributed by atoms with Crippen LogP contribution in [-0.2, 0) is 14.3 Å². The normalized spacial score (nSPS) is 16.2. The van der Waals surface area contributed by atoms with Gasteiger partial charge in [-0.15, -0.1) is 24.8 Å². The number of amides is 2. The van der Waals surface area contributed by atoms with Crippen molar-refractivity contribution in [2.75, 3.05) is 39.4 Å². The summed E-state index contributed by atoms with van der Waals surface area (Å²) in [6.45, 7) is 9.27. The van der Waals surface area contributed by atoms with Gasteiger partial charge in [-0.3, -0.25) is 14.5 Å². The highest BCUT2D eigenvalue weighted by molar-refractivity contribution is 5.87. The topological polar surface area (TPSA) is 96.7 Å². The van der Waals surface area contributed by atoms with Crippen LogP contribution in [0.25, 0.3) is 0 Å². The van der Waals surface area contributed by atoms with Gasteiger partial charge in [0.2, 0.25) is 11.8 Å². The van der Waals surface area contributed by atoms with E-state index in [0.29, 0.717) is 19.8 Å². The molecule has 2 amide bonds. The Balaban J connectivity index is 0.00000392. The molecule has 0 aromatic heterocycles. The van der Waals surface area contributed by atoms with Crippen LogP contribution < -0.4 is 16.4 Å². The van der Waals surface area contributed by atoms with E-state index in [-0.39, 0.29) is 55.1 Å². The van der Waals surface area contributed by atoms with Gasteiger partial charge in [-0.2, -0.15) is 0 Å². The van der Waals surface area contributed by atoms with Gasteiger partial charge >= 0.3 is 0 Å². The number of halogens is 2. The lowest BCUT2D eigenvalue weighted by Gasteiger charge is -2.35. The zero-order chi connectivity index (χ0) is 19.8. The highest BCUT2D eigenvalue weighted by Crippen LogP contribution is 2.22. The minimum absolute atomic E-state index is 0. The molecule has 9 heteroatoms. The molecule has 1 fully saturated rings. The lowest BCUT2D eigenvalue weighted by atomic mass is 10.0. The van der Waals surface area contributed by atoms with Crippen LogP contribution in [0.2, 0.25) is 0 Å². The summed E-state index contributed by atoms with van der Waals surface area (Å²) in [4.78, 5) is 26.4. The molecule has 1 aliphatic rings. The van der Waals surface area contributed by atoms with Gasteiger partial charge in [0.15, 0.2) is 0 Å². The van der Waals surface area contributed by atoms with E-state index in [1.165, 1.54) is 11.1 Å². The quantitative estimate of drug-likeness (QED) is 0.558. The second-order valence-electron chi connectivity index (χ2n) is 7.37. The van der Waals surface area contributed by atoms with Crippen LogP contribution in [0.5, 0.6) is 0 Å². The van der Waals surface area contributed by atoms with Gasteiger partial charge in [0, 0.05) is 19.6 Å². The molecule has 2 atom stereocenters. The van der Waals surface area contributed by atoms with Crippen molar-refractivity contribution in [2.45, 2.75) is 32.9 Å². The lowest BCUT2D eigenvalue weighted by molar-refractivity contribution is -0.127. The fourth-order valence-electron chi connectivity index (χ4n) is 3.09. The zero-order valence-corrected chi connectivity index (χ0v) is 19.0. The molecule has 1 aliphatic heterocycles. The number of rotatable bonds is 8. The molecule has 0 spiro atoms. The van der Waals surface area contributed by atoms with Crippen molar-refractivity contribution in [1.82, 2.24) is 15.5 Å². The zero-order valence-electron chi connectivity index (χ0n) is 17.3. The average Bonchev–Trinajstić information content (AvgIpc) is 2.66. The summed E-state index contributed by atoms with van der Waals surface area (Å²) in [5.74, 6) is -0.492. The number of nitrogens with one attached hydrogen (secondary N) is 2. The van der Waals surface area contributed by atoms with Gasteiger partial charge in [-0.25, -0.2) is 0 Å². The molecule has 0 radical (unpaired) electrons. The highest BCUT2D eigenvalue weighted by Gasteiger charge is 2.23. The van der Waals surface area contributed by atoms with Crippen molar-refractivity contribution < 1.29 is 14.3 Å². The van der Waals surface area contributed by atoms with E-state index in [4.69, 9.17) is 10.5 Å². The molecule has 2 rings (SSSR count). The summed E-state index contributed by atoms with van der Waals surface area (Å²) in [5, 5.41) is 5.55. The molecule has 0 saturated carbocycles. The summed E-state index contributed by atoms with van der Waals surface area (Å²) < 4.78 is 5.45. The first-order valence-electron chi connectivity index (χ1n) is 9.57. The number of hydrogen-bond donors (Lipinski definition) is 3. The van der Waals surface area contributed by atoms with Gasteiger partial charge in [0.25, 0.3) is 0 Å². The van der Waals surface area contributed by atoms with Gasteiger partial charge in [0.05, 0.1) is 31.8 Å². The molecule has 1 unspecified atom stereocenters. The van der Waals surface area contributed by atoms with Crippen LogP contribution in [0.15, 0.2) is 24.3 Å². The first-order chi connectivity index (χ1) is 12.9. The number of carbonyl (C=O) groups excluding carboxylic acids is 2. The Morgan fingerprint density at radius 1 is 1.17 bits per heavy atom. The highest BCUT2D eigenvalue weighted by atomic mass is 35.5. The SMILES string of the molecule is Cc1cccc(C(CNC(=O)CNC(=O)[C@@H](N)C(C)C)N2CCOCC2)c1.Cl.Cl. The van der Waals surface area contributed by atoms with E-state index in [2.05, 4.69) is 40.7 Å². The summed E-state index contributed by atoms with van der Waals surface area (Å²) in [5.41, 5.74) is 8.15. The maximum absolute atomic E-state index is 12.2. The lowest BCUT2D eigenvalue weighted by Crippen LogP contribution is -2.48. The van der Waals surface area contributed by atoms with Crippen molar-refractivity contribution in [1.29, 1.82) is 0 Å². The molecule has 0 aliphatic carbocycles. The maximum atomic E-state index is 12.2. The van der Waals surface area contributed by atoms with Crippen molar-refractivity contribution in [3.8, 4) is 0 Å². The van der Waals surface area contributed by atoms with Crippen LogP contribution in [-0.4, -0.2) is 62.1 Å². The number of hydrogen-bond acceptors (Lipinski definition) is 5. The predicted molar refractivity (Wildman–Crippen MR) is 120 cm³/mol. The van der Waals surface area contributed by atoms with E-state index in [9.17, 15) is 9.59 Å². The van der Waals surface area contributed by atoms with Gasteiger partial charge < -0.3 is 21.1 Å². The van der Waals surface area contributed by atoms with Crippen molar-refractivity contribution in [2.24, 2.45) is 11.7 Å². The summed E-state index contributed by atoms with van der Waals surface area (Å²) in [6, 6.07) is 7.80. The Labute approximate surface area is 185 Å². The fraction of sp³-hybridized carbons (Fsp3) is 0.600. The molecular weight excluding hydrogens is 415 g/mol. The Morgan fingerprint density at radius 2 is 1.83 bits per heavy atom. The van der Waals surface area contributed by atoms with Crippen LogP contribution >= 0.6 is 24.8 Å². The first kappa shape index (κ1) is 27.6. The molecule has 7 nitrogen and oxygen atoms in total. The Kier molecular flexibility index (Phi) is 13.1. The molecule has 0 bridgehead atoms. The number of ether oxygens (including phenoxy) is 1. The third-order valence-electron chi connectivity index (χ3n) is 4.85. The Hall–Kier alpha value is -1.38. The average molecular weight is 449 g/mol. The minimum atomic E-state index is -0.605. The molecule has 4 N–H and O–H groups in total. The van der Waals surface area contributed by atoms with Crippen LogP contribution in [0, 0.1) is 12.8 Å². The number of benzene rings is 1. The van der Waals surface area contributed by atoms with Gasteiger partial charge in [-0.05, 0) is 18.4 Å². The number of morpholine rings is 1. The molecule has 1 aromatic rings. The monoisotopic (exact) mass is 448 g/mol. The van der Waals surface area contributed by atoms with Crippen molar-refractivity contribution in [3.63, 3.8) is 0 Å². The Morgan fingerprint density at radius 3 is 2.41 bits per heavy atom. The van der Waals surface area contributed by atoms with Gasteiger partial charge in [-0.1, -0.05) is 43.7 Å². The van der Waals surface area contributed by atoms with Crippen LogP contribution in [0.4, 0.5) is 0 Å². The number of carbonyl (C=O) groups is 2.